The molecule has 0 spiro atoms. The van der Waals surface area contributed by atoms with E-state index in [0.717, 1.165) is 16.6 Å². The fourth-order valence-electron chi connectivity index (χ4n) is 1.90. The van der Waals surface area contributed by atoms with Crippen LogP contribution in [0.1, 0.15) is 29.7 Å². The van der Waals surface area contributed by atoms with Crippen molar-refractivity contribution in [2.75, 3.05) is 0 Å². The smallest absolute Gasteiger partial charge is 0.0681 e. The Balaban J connectivity index is 1.92. The van der Waals surface area contributed by atoms with Crippen LogP contribution in [0.4, 0.5) is 0 Å². The van der Waals surface area contributed by atoms with Gasteiger partial charge in [0.15, 0.2) is 0 Å². The molecular weight excluding hydrogens is 302 g/mol. The second-order valence-corrected chi connectivity index (χ2v) is 5.54. The van der Waals surface area contributed by atoms with Gasteiger partial charge in [-0.05, 0) is 35.7 Å². The number of aliphatic hydroxyl groups is 1. The molecular formula is C16H18BrNO. The maximum absolute atomic E-state index is 9.00. The molecule has 0 radical (unpaired) electrons. The second-order valence-electron chi connectivity index (χ2n) is 4.63. The molecule has 0 aliphatic carbocycles. The molecule has 0 bridgehead atoms. The Hall–Kier alpha value is -1.16. The molecule has 0 aromatic heterocycles. The van der Waals surface area contributed by atoms with Crippen molar-refractivity contribution < 1.29 is 5.11 Å². The Morgan fingerprint density at radius 2 is 1.58 bits per heavy atom. The van der Waals surface area contributed by atoms with E-state index in [9.17, 15) is 0 Å². The van der Waals surface area contributed by atoms with Crippen molar-refractivity contribution in [3.05, 3.63) is 69.7 Å². The number of nitrogens with one attached hydrogen (secondary N) is 1. The molecule has 0 heterocycles. The van der Waals surface area contributed by atoms with Gasteiger partial charge in [-0.1, -0.05) is 52.3 Å². The number of halogens is 1. The van der Waals surface area contributed by atoms with Crippen LogP contribution in [-0.2, 0) is 13.2 Å². The first-order valence-electron chi connectivity index (χ1n) is 6.36. The largest absolute Gasteiger partial charge is 0.392 e. The Labute approximate surface area is 122 Å². The summed E-state index contributed by atoms with van der Waals surface area (Å²) in [6.07, 6.45) is 0. The van der Waals surface area contributed by atoms with Gasteiger partial charge in [0, 0.05) is 17.1 Å². The number of aliphatic hydroxyl groups excluding tert-OH is 1. The SMILES string of the molecule is C[C@@H](NCc1ccc(CO)cc1)c1ccc(Br)cc1. The fourth-order valence-corrected chi connectivity index (χ4v) is 2.17. The maximum Gasteiger partial charge on any atom is 0.0681 e. The molecule has 2 N–H and O–H groups in total. The van der Waals surface area contributed by atoms with Gasteiger partial charge in [-0.3, -0.25) is 0 Å². The molecule has 19 heavy (non-hydrogen) atoms. The molecule has 0 unspecified atom stereocenters. The molecule has 2 aromatic rings. The van der Waals surface area contributed by atoms with Gasteiger partial charge in [0.05, 0.1) is 6.61 Å². The minimum atomic E-state index is 0.100. The highest BCUT2D eigenvalue weighted by Gasteiger charge is 2.04. The van der Waals surface area contributed by atoms with Gasteiger partial charge >= 0.3 is 0 Å². The molecule has 0 fully saturated rings. The lowest BCUT2D eigenvalue weighted by molar-refractivity contribution is 0.282. The standard InChI is InChI=1S/C16H18BrNO/c1-12(15-6-8-16(17)9-7-15)18-10-13-2-4-14(11-19)5-3-13/h2-9,12,18-19H,10-11H2,1H3/t12-/m1/s1. The monoisotopic (exact) mass is 319 g/mol. The Kier molecular flexibility index (Phi) is 5.14. The first-order chi connectivity index (χ1) is 9.19. The summed E-state index contributed by atoms with van der Waals surface area (Å²) in [6, 6.07) is 16.7. The van der Waals surface area contributed by atoms with Gasteiger partial charge in [0.2, 0.25) is 0 Å². The van der Waals surface area contributed by atoms with E-state index in [2.05, 4.69) is 52.4 Å². The number of hydrogen-bond acceptors (Lipinski definition) is 2. The third-order valence-electron chi connectivity index (χ3n) is 3.19. The van der Waals surface area contributed by atoms with E-state index in [-0.39, 0.29) is 6.61 Å². The minimum absolute atomic E-state index is 0.100. The van der Waals surface area contributed by atoms with E-state index >= 15 is 0 Å². The van der Waals surface area contributed by atoms with Crippen LogP contribution < -0.4 is 5.32 Å². The van der Waals surface area contributed by atoms with E-state index < -0.39 is 0 Å². The molecule has 2 nitrogen and oxygen atoms in total. The van der Waals surface area contributed by atoms with Crippen LogP contribution in [0.25, 0.3) is 0 Å². The van der Waals surface area contributed by atoms with Crippen molar-refractivity contribution in [1.82, 2.24) is 5.32 Å². The third kappa shape index (κ3) is 4.16. The van der Waals surface area contributed by atoms with E-state index in [4.69, 9.17) is 5.11 Å². The van der Waals surface area contributed by atoms with E-state index in [1.807, 2.05) is 24.3 Å². The van der Waals surface area contributed by atoms with E-state index in [1.165, 1.54) is 11.1 Å². The molecule has 100 valence electrons. The summed E-state index contributed by atoms with van der Waals surface area (Å²) in [6.45, 7) is 3.08. The van der Waals surface area contributed by atoms with Crippen LogP contribution in [0.15, 0.2) is 53.0 Å². The zero-order valence-electron chi connectivity index (χ0n) is 10.9. The minimum Gasteiger partial charge on any atom is -0.392 e. The highest BCUT2D eigenvalue weighted by Crippen LogP contribution is 2.17. The van der Waals surface area contributed by atoms with Crippen molar-refractivity contribution in [2.45, 2.75) is 26.1 Å². The number of rotatable bonds is 5. The van der Waals surface area contributed by atoms with E-state index in [1.54, 1.807) is 0 Å². The van der Waals surface area contributed by atoms with Crippen LogP contribution in [0.2, 0.25) is 0 Å². The topological polar surface area (TPSA) is 32.3 Å². The zero-order chi connectivity index (χ0) is 13.7. The molecule has 2 rings (SSSR count). The molecule has 2 aromatic carbocycles. The number of benzene rings is 2. The highest BCUT2D eigenvalue weighted by molar-refractivity contribution is 9.10. The van der Waals surface area contributed by atoms with Crippen LogP contribution >= 0.6 is 15.9 Å². The van der Waals surface area contributed by atoms with Gasteiger partial charge in [0.1, 0.15) is 0 Å². The molecule has 0 saturated heterocycles. The predicted molar refractivity (Wildman–Crippen MR) is 81.8 cm³/mol. The van der Waals surface area contributed by atoms with Crippen molar-refractivity contribution in [2.24, 2.45) is 0 Å². The van der Waals surface area contributed by atoms with Crippen molar-refractivity contribution in [3.63, 3.8) is 0 Å². The summed E-state index contributed by atoms with van der Waals surface area (Å²) in [4.78, 5) is 0. The highest BCUT2D eigenvalue weighted by atomic mass is 79.9. The Bertz CT molecular complexity index is 507. The van der Waals surface area contributed by atoms with Crippen molar-refractivity contribution >= 4 is 15.9 Å². The normalized spacial score (nSPS) is 12.4. The summed E-state index contributed by atoms with van der Waals surface area (Å²) in [7, 11) is 0. The Morgan fingerprint density at radius 1 is 1.00 bits per heavy atom. The summed E-state index contributed by atoms with van der Waals surface area (Å²) in [5, 5.41) is 12.5. The van der Waals surface area contributed by atoms with E-state index in [0.29, 0.717) is 6.04 Å². The average Bonchev–Trinajstić information content (AvgIpc) is 2.46. The molecule has 0 aliphatic rings. The van der Waals surface area contributed by atoms with Gasteiger partial charge < -0.3 is 10.4 Å². The maximum atomic E-state index is 9.00. The van der Waals surface area contributed by atoms with Crippen molar-refractivity contribution in [1.29, 1.82) is 0 Å². The first-order valence-corrected chi connectivity index (χ1v) is 7.16. The van der Waals surface area contributed by atoms with Crippen molar-refractivity contribution in [3.8, 4) is 0 Å². The van der Waals surface area contributed by atoms with Crippen LogP contribution in [-0.4, -0.2) is 5.11 Å². The van der Waals surface area contributed by atoms with Crippen LogP contribution in [0, 0.1) is 0 Å². The second kappa shape index (κ2) is 6.85. The zero-order valence-corrected chi connectivity index (χ0v) is 12.5. The lowest BCUT2D eigenvalue weighted by atomic mass is 10.1. The first kappa shape index (κ1) is 14.3. The molecule has 1 atom stereocenters. The fraction of sp³-hybridized carbons (Fsp3) is 0.250. The lowest BCUT2D eigenvalue weighted by Crippen LogP contribution is -2.17. The van der Waals surface area contributed by atoms with Crippen LogP contribution in [0.5, 0.6) is 0 Å². The molecule has 3 heteroatoms. The van der Waals surface area contributed by atoms with Gasteiger partial charge in [-0.15, -0.1) is 0 Å². The summed E-state index contributed by atoms with van der Waals surface area (Å²) >= 11 is 3.44. The Morgan fingerprint density at radius 3 is 2.16 bits per heavy atom. The summed E-state index contributed by atoms with van der Waals surface area (Å²) < 4.78 is 1.10. The summed E-state index contributed by atoms with van der Waals surface area (Å²) in [5.74, 6) is 0. The molecule has 0 saturated carbocycles. The van der Waals surface area contributed by atoms with Gasteiger partial charge in [0.25, 0.3) is 0 Å². The quantitative estimate of drug-likeness (QED) is 0.878. The van der Waals surface area contributed by atoms with Crippen LogP contribution in [0.3, 0.4) is 0 Å². The van der Waals surface area contributed by atoms with Gasteiger partial charge in [-0.25, -0.2) is 0 Å². The average molecular weight is 320 g/mol. The summed E-state index contributed by atoms with van der Waals surface area (Å²) in [5.41, 5.74) is 3.45. The lowest BCUT2D eigenvalue weighted by Gasteiger charge is -2.14. The molecule has 0 aliphatic heterocycles. The van der Waals surface area contributed by atoms with Gasteiger partial charge in [-0.2, -0.15) is 0 Å². The predicted octanol–water partition coefficient (Wildman–Crippen LogP) is 3.79. The number of hydrogen-bond donors (Lipinski definition) is 2. The third-order valence-corrected chi connectivity index (χ3v) is 3.72. The molecule has 0 amide bonds.